The quantitative estimate of drug-likeness (QED) is 0.601. The Kier molecular flexibility index (Phi) is 5.50. The van der Waals surface area contributed by atoms with Crippen LogP contribution in [0.25, 0.3) is 0 Å². The van der Waals surface area contributed by atoms with E-state index in [1.54, 1.807) is 0 Å². The summed E-state index contributed by atoms with van der Waals surface area (Å²) >= 11 is 0. The summed E-state index contributed by atoms with van der Waals surface area (Å²) in [6.45, 7) is 1.97. The van der Waals surface area contributed by atoms with E-state index in [0.29, 0.717) is 19.3 Å². The lowest BCUT2D eigenvalue weighted by Crippen LogP contribution is -2.22. The maximum Gasteiger partial charge on any atom is 0.135 e. The molecule has 2 heteroatoms. The Morgan fingerprint density at radius 1 is 1.73 bits per heavy atom. The van der Waals surface area contributed by atoms with Crippen LogP contribution in [0, 0.1) is 12.3 Å². The standard InChI is InChI=1S/C9H15NO/c1-3-5-6-9(11)7-8(10)4-2/h1,8H,4-7,10H2,2H3. The van der Waals surface area contributed by atoms with Gasteiger partial charge in [-0.05, 0) is 6.42 Å². The first-order valence-corrected chi connectivity index (χ1v) is 3.91. The normalized spacial score (nSPS) is 12.1. The third-order valence-electron chi connectivity index (χ3n) is 1.56. The fourth-order valence-corrected chi connectivity index (χ4v) is 0.750. The van der Waals surface area contributed by atoms with Crippen LogP contribution in [0.3, 0.4) is 0 Å². The molecule has 62 valence electrons. The summed E-state index contributed by atoms with van der Waals surface area (Å²) in [5.74, 6) is 2.61. The van der Waals surface area contributed by atoms with Gasteiger partial charge in [0.25, 0.3) is 0 Å². The van der Waals surface area contributed by atoms with Crippen LogP contribution in [0.4, 0.5) is 0 Å². The average Bonchev–Trinajstić information content (AvgIpc) is 2.00. The Labute approximate surface area is 68.2 Å². The van der Waals surface area contributed by atoms with Crippen molar-refractivity contribution >= 4 is 5.78 Å². The van der Waals surface area contributed by atoms with Crippen molar-refractivity contribution in [1.29, 1.82) is 0 Å². The summed E-state index contributed by atoms with van der Waals surface area (Å²) in [6.07, 6.45) is 7.34. The minimum atomic E-state index is 0.0141. The lowest BCUT2D eigenvalue weighted by molar-refractivity contribution is -0.119. The van der Waals surface area contributed by atoms with Gasteiger partial charge in [-0.1, -0.05) is 6.92 Å². The maximum atomic E-state index is 11.0. The van der Waals surface area contributed by atoms with Gasteiger partial charge in [-0.25, -0.2) is 0 Å². The molecule has 11 heavy (non-hydrogen) atoms. The molecule has 0 aliphatic rings. The van der Waals surface area contributed by atoms with Gasteiger partial charge < -0.3 is 5.73 Å². The number of ketones is 1. The molecule has 0 bridgehead atoms. The summed E-state index contributed by atoms with van der Waals surface area (Å²) in [4.78, 5) is 11.0. The second-order valence-corrected chi connectivity index (χ2v) is 2.62. The van der Waals surface area contributed by atoms with Gasteiger partial charge in [-0.3, -0.25) is 4.79 Å². The van der Waals surface area contributed by atoms with Gasteiger partial charge in [0.05, 0.1) is 0 Å². The van der Waals surface area contributed by atoms with Crippen LogP contribution < -0.4 is 5.73 Å². The first-order valence-electron chi connectivity index (χ1n) is 3.91. The highest BCUT2D eigenvalue weighted by Crippen LogP contribution is 1.99. The van der Waals surface area contributed by atoms with Gasteiger partial charge >= 0.3 is 0 Å². The molecule has 0 aromatic rings. The number of Topliss-reactive ketones (excluding diaryl/α,β-unsaturated/α-hetero) is 1. The molecule has 2 nitrogen and oxygen atoms in total. The van der Waals surface area contributed by atoms with Crippen molar-refractivity contribution < 1.29 is 4.79 Å². The van der Waals surface area contributed by atoms with E-state index in [1.807, 2.05) is 6.92 Å². The molecule has 0 aliphatic heterocycles. The lowest BCUT2D eigenvalue weighted by atomic mass is 10.1. The van der Waals surface area contributed by atoms with Crippen molar-refractivity contribution in [2.75, 3.05) is 0 Å². The number of nitrogens with two attached hydrogens (primary N) is 1. The van der Waals surface area contributed by atoms with Gasteiger partial charge in [-0.2, -0.15) is 0 Å². The van der Waals surface area contributed by atoms with Gasteiger partial charge in [-0.15, -0.1) is 12.3 Å². The molecular weight excluding hydrogens is 138 g/mol. The average molecular weight is 153 g/mol. The number of carbonyl (C=O) groups is 1. The predicted octanol–water partition coefficient (Wildman–Crippen LogP) is 1.10. The molecule has 1 unspecified atom stereocenters. The molecule has 0 aliphatic carbocycles. The number of terminal acetylenes is 1. The van der Waals surface area contributed by atoms with Crippen molar-refractivity contribution in [1.82, 2.24) is 0 Å². The number of hydrogen-bond acceptors (Lipinski definition) is 2. The molecule has 0 aromatic carbocycles. The van der Waals surface area contributed by atoms with Crippen molar-refractivity contribution in [2.24, 2.45) is 5.73 Å². The zero-order chi connectivity index (χ0) is 8.69. The van der Waals surface area contributed by atoms with Crippen LogP contribution >= 0.6 is 0 Å². The summed E-state index contributed by atoms with van der Waals surface area (Å²) < 4.78 is 0. The Morgan fingerprint density at radius 2 is 2.36 bits per heavy atom. The van der Waals surface area contributed by atoms with Crippen molar-refractivity contribution in [3.8, 4) is 12.3 Å². The fraction of sp³-hybridized carbons (Fsp3) is 0.667. The Balaban J connectivity index is 3.45. The van der Waals surface area contributed by atoms with Gasteiger partial charge in [0, 0.05) is 25.3 Å². The minimum Gasteiger partial charge on any atom is -0.327 e. The van der Waals surface area contributed by atoms with Gasteiger partial charge in [0.2, 0.25) is 0 Å². The lowest BCUT2D eigenvalue weighted by Gasteiger charge is -2.05. The van der Waals surface area contributed by atoms with Crippen molar-refractivity contribution in [3.05, 3.63) is 0 Å². The number of hydrogen-bond donors (Lipinski definition) is 1. The molecule has 2 N–H and O–H groups in total. The van der Waals surface area contributed by atoms with Gasteiger partial charge in [0.15, 0.2) is 0 Å². The van der Waals surface area contributed by atoms with E-state index in [-0.39, 0.29) is 11.8 Å². The van der Waals surface area contributed by atoms with Crippen LogP contribution in [0.2, 0.25) is 0 Å². The minimum absolute atomic E-state index is 0.0141. The monoisotopic (exact) mass is 153 g/mol. The highest BCUT2D eigenvalue weighted by atomic mass is 16.1. The van der Waals surface area contributed by atoms with Crippen molar-refractivity contribution in [3.63, 3.8) is 0 Å². The molecule has 0 heterocycles. The van der Waals surface area contributed by atoms with E-state index in [0.717, 1.165) is 6.42 Å². The Bertz CT molecular complexity index is 157. The molecule has 1 atom stereocenters. The van der Waals surface area contributed by atoms with E-state index in [2.05, 4.69) is 5.92 Å². The predicted molar refractivity (Wildman–Crippen MR) is 46.0 cm³/mol. The Hall–Kier alpha value is -0.810. The van der Waals surface area contributed by atoms with Crippen LogP contribution in [-0.2, 0) is 4.79 Å². The zero-order valence-electron chi connectivity index (χ0n) is 6.97. The van der Waals surface area contributed by atoms with Gasteiger partial charge in [0.1, 0.15) is 5.78 Å². The SMILES string of the molecule is C#CCCC(=O)CC(N)CC. The van der Waals surface area contributed by atoms with Crippen LogP contribution in [-0.4, -0.2) is 11.8 Å². The molecule has 0 radical (unpaired) electrons. The number of carbonyl (C=O) groups excluding carboxylic acids is 1. The maximum absolute atomic E-state index is 11.0. The van der Waals surface area contributed by atoms with Crippen LogP contribution in [0.15, 0.2) is 0 Å². The molecule has 0 amide bonds. The molecule has 0 rings (SSSR count). The highest BCUT2D eigenvalue weighted by Gasteiger charge is 2.05. The second kappa shape index (κ2) is 5.94. The molecule has 0 saturated carbocycles. The molecule has 0 spiro atoms. The molecule has 0 fully saturated rings. The first-order chi connectivity index (χ1) is 5.20. The third kappa shape index (κ3) is 5.63. The van der Waals surface area contributed by atoms with E-state index in [1.165, 1.54) is 0 Å². The summed E-state index contributed by atoms with van der Waals surface area (Å²) in [7, 11) is 0. The van der Waals surface area contributed by atoms with Crippen LogP contribution in [0.5, 0.6) is 0 Å². The first kappa shape index (κ1) is 10.2. The zero-order valence-corrected chi connectivity index (χ0v) is 6.97. The van der Waals surface area contributed by atoms with E-state index in [9.17, 15) is 4.79 Å². The molecule has 0 aromatic heterocycles. The summed E-state index contributed by atoms with van der Waals surface area (Å²) in [5.41, 5.74) is 5.57. The topological polar surface area (TPSA) is 43.1 Å². The summed E-state index contributed by atoms with van der Waals surface area (Å²) in [5, 5.41) is 0. The fourth-order valence-electron chi connectivity index (χ4n) is 0.750. The van der Waals surface area contributed by atoms with E-state index < -0.39 is 0 Å². The smallest absolute Gasteiger partial charge is 0.135 e. The largest absolute Gasteiger partial charge is 0.327 e. The third-order valence-corrected chi connectivity index (χ3v) is 1.56. The molecular formula is C9H15NO. The number of rotatable bonds is 5. The second-order valence-electron chi connectivity index (χ2n) is 2.62. The highest BCUT2D eigenvalue weighted by molar-refractivity contribution is 5.79. The molecule has 0 saturated heterocycles. The van der Waals surface area contributed by atoms with Crippen LogP contribution in [0.1, 0.15) is 32.6 Å². The van der Waals surface area contributed by atoms with E-state index >= 15 is 0 Å². The van der Waals surface area contributed by atoms with E-state index in [4.69, 9.17) is 12.2 Å². The van der Waals surface area contributed by atoms with Crippen molar-refractivity contribution in [2.45, 2.75) is 38.6 Å². The Morgan fingerprint density at radius 3 is 2.82 bits per heavy atom. The summed E-state index contributed by atoms with van der Waals surface area (Å²) in [6, 6.07) is 0.0141.